The Morgan fingerprint density at radius 3 is 2.14 bits per heavy atom. The van der Waals surface area contributed by atoms with Gasteiger partial charge in [0.2, 0.25) is 0 Å². The fraction of sp³-hybridized carbons (Fsp3) is 0.348. The Morgan fingerprint density at radius 1 is 1.00 bits per heavy atom. The molecule has 6 heteroatoms. The van der Waals surface area contributed by atoms with Gasteiger partial charge in [-0.2, -0.15) is 0 Å². The van der Waals surface area contributed by atoms with Crippen LogP contribution in [-0.2, 0) is 19.7 Å². The van der Waals surface area contributed by atoms with Crippen LogP contribution in [0.5, 0.6) is 0 Å². The van der Waals surface area contributed by atoms with Crippen LogP contribution in [0.2, 0.25) is 0 Å². The van der Waals surface area contributed by atoms with E-state index in [2.05, 4.69) is 5.32 Å². The quantitative estimate of drug-likeness (QED) is 0.579. The number of nitrogens with one attached hydrogen (secondary N) is 1. The van der Waals surface area contributed by atoms with E-state index in [0.29, 0.717) is 29.7 Å². The number of benzene rings is 2. The van der Waals surface area contributed by atoms with Crippen LogP contribution in [-0.4, -0.2) is 23.8 Å². The summed E-state index contributed by atoms with van der Waals surface area (Å²) in [6, 6.07) is 12.4. The zero-order chi connectivity index (χ0) is 21.0. The van der Waals surface area contributed by atoms with Gasteiger partial charge in [-0.05, 0) is 68.7 Å². The summed E-state index contributed by atoms with van der Waals surface area (Å²) in [5.74, 6) is -1.34. The maximum absolute atomic E-state index is 13.3. The van der Waals surface area contributed by atoms with Gasteiger partial charge in [0.25, 0.3) is 5.91 Å². The lowest BCUT2D eigenvalue weighted by Crippen LogP contribution is -2.39. The highest BCUT2D eigenvalue weighted by Gasteiger charge is 2.45. The lowest BCUT2D eigenvalue weighted by Gasteiger charge is -2.28. The molecule has 0 aromatic heterocycles. The number of esters is 1. The molecule has 0 radical (unpaired) electrons. The number of carbonyl (C=O) groups excluding carboxylic acids is 3. The summed E-state index contributed by atoms with van der Waals surface area (Å²) in [6.45, 7) is 2.99. The standard InChI is InChI=1S/C23H24FNO4/c1-15(26)17-5-11-20(12-6-17)25-21(27)16(2)29-22(28)23(13-3-4-14-23)18-7-9-19(24)10-8-18/h5-12,16H,3-4,13-14H2,1-2H3,(H,25,27)/t16-/m1/s1. The van der Waals surface area contributed by atoms with E-state index in [1.807, 2.05) is 0 Å². The van der Waals surface area contributed by atoms with Crippen LogP contribution in [0.4, 0.5) is 10.1 Å². The number of hydrogen-bond acceptors (Lipinski definition) is 4. The zero-order valence-electron chi connectivity index (χ0n) is 16.5. The van der Waals surface area contributed by atoms with Crippen LogP contribution in [0.3, 0.4) is 0 Å². The molecule has 0 unspecified atom stereocenters. The van der Waals surface area contributed by atoms with Crippen molar-refractivity contribution in [2.75, 3.05) is 5.32 Å². The van der Waals surface area contributed by atoms with Crippen LogP contribution in [0.1, 0.15) is 55.5 Å². The third kappa shape index (κ3) is 4.53. The molecule has 0 bridgehead atoms. The van der Waals surface area contributed by atoms with Crippen molar-refractivity contribution < 1.29 is 23.5 Å². The molecule has 1 N–H and O–H groups in total. The number of rotatable bonds is 6. The van der Waals surface area contributed by atoms with Crippen LogP contribution in [0.25, 0.3) is 0 Å². The van der Waals surface area contributed by atoms with E-state index in [9.17, 15) is 18.8 Å². The maximum atomic E-state index is 13.3. The molecular formula is C23H24FNO4. The highest BCUT2D eigenvalue weighted by molar-refractivity contribution is 5.97. The molecule has 1 fully saturated rings. The predicted molar refractivity (Wildman–Crippen MR) is 107 cm³/mol. The van der Waals surface area contributed by atoms with Gasteiger partial charge in [0.15, 0.2) is 11.9 Å². The van der Waals surface area contributed by atoms with Crippen LogP contribution in [0, 0.1) is 5.82 Å². The van der Waals surface area contributed by atoms with Crippen molar-refractivity contribution >= 4 is 23.3 Å². The number of ketones is 1. The largest absolute Gasteiger partial charge is 0.452 e. The van der Waals surface area contributed by atoms with Gasteiger partial charge >= 0.3 is 5.97 Å². The van der Waals surface area contributed by atoms with Gasteiger partial charge in [-0.15, -0.1) is 0 Å². The molecule has 2 aromatic carbocycles. The molecule has 0 heterocycles. The molecule has 29 heavy (non-hydrogen) atoms. The van der Waals surface area contributed by atoms with Crippen LogP contribution < -0.4 is 5.32 Å². The van der Waals surface area contributed by atoms with Gasteiger partial charge in [-0.25, -0.2) is 4.39 Å². The molecule has 3 rings (SSSR count). The molecule has 2 aromatic rings. The Hall–Kier alpha value is -3.02. The first-order chi connectivity index (χ1) is 13.8. The highest BCUT2D eigenvalue weighted by Crippen LogP contribution is 2.42. The molecule has 152 valence electrons. The molecular weight excluding hydrogens is 373 g/mol. The summed E-state index contributed by atoms with van der Waals surface area (Å²) in [5.41, 5.74) is 0.932. The number of hydrogen-bond donors (Lipinski definition) is 1. The number of anilines is 1. The SMILES string of the molecule is CC(=O)c1ccc(NC(=O)[C@@H](C)OC(=O)C2(c3ccc(F)cc3)CCCC2)cc1. The van der Waals surface area contributed by atoms with Crippen molar-refractivity contribution in [3.8, 4) is 0 Å². The fourth-order valence-electron chi connectivity index (χ4n) is 3.72. The minimum Gasteiger partial charge on any atom is -0.452 e. The summed E-state index contributed by atoms with van der Waals surface area (Å²) >= 11 is 0. The highest BCUT2D eigenvalue weighted by atomic mass is 19.1. The second-order valence-electron chi connectivity index (χ2n) is 7.47. The lowest BCUT2D eigenvalue weighted by atomic mass is 9.79. The lowest BCUT2D eigenvalue weighted by molar-refractivity contribution is -0.159. The third-order valence-corrected chi connectivity index (χ3v) is 5.46. The smallest absolute Gasteiger partial charge is 0.317 e. The van der Waals surface area contributed by atoms with Crippen LogP contribution in [0.15, 0.2) is 48.5 Å². The Morgan fingerprint density at radius 2 is 1.59 bits per heavy atom. The van der Waals surface area contributed by atoms with Gasteiger partial charge in [-0.1, -0.05) is 25.0 Å². The fourth-order valence-corrected chi connectivity index (χ4v) is 3.72. The van der Waals surface area contributed by atoms with Crippen molar-refractivity contribution in [2.24, 2.45) is 0 Å². The summed E-state index contributed by atoms with van der Waals surface area (Å²) in [5, 5.41) is 2.69. The van der Waals surface area contributed by atoms with Gasteiger partial charge < -0.3 is 10.1 Å². The summed E-state index contributed by atoms with van der Waals surface area (Å²) in [6.07, 6.45) is 1.97. The second kappa shape index (κ2) is 8.55. The molecule has 0 aliphatic heterocycles. The minimum absolute atomic E-state index is 0.0622. The number of amides is 1. The predicted octanol–water partition coefficient (Wildman–Crippen LogP) is 4.41. The number of halogens is 1. The van der Waals surface area contributed by atoms with E-state index in [1.54, 1.807) is 36.4 Å². The van der Waals surface area contributed by atoms with E-state index in [-0.39, 0.29) is 11.6 Å². The summed E-state index contributed by atoms with van der Waals surface area (Å²) in [7, 11) is 0. The molecule has 1 amide bonds. The molecule has 1 saturated carbocycles. The van der Waals surface area contributed by atoms with E-state index in [1.165, 1.54) is 26.0 Å². The normalized spacial score (nSPS) is 16.1. The number of Topliss-reactive ketones (excluding diaryl/α,β-unsaturated/α-hetero) is 1. The third-order valence-electron chi connectivity index (χ3n) is 5.46. The van der Waals surface area contributed by atoms with E-state index in [0.717, 1.165) is 12.8 Å². The van der Waals surface area contributed by atoms with E-state index >= 15 is 0 Å². The van der Waals surface area contributed by atoms with Gasteiger partial charge in [0.05, 0.1) is 5.41 Å². The van der Waals surface area contributed by atoms with Crippen molar-refractivity contribution in [1.29, 1.82) is 0 Å². The summed E-state index contributed by atoms with van der Waals surface area (Å²) in [4.78, 5) is 36.8. The topological polar surface area (TPSA) is 72.5 Å². The van der Waals surface area contributed by atoms with Gasteiger partial charge in [0.1, 0.15) is 5.82 Å². The summed E-state index contributed by atoms with van der Waals surface area (Å²) < 4.78 is 18.8. The molecule has 5 nitrogen and oxygen atoms in total. The van der Waals surface area contributed by atoms with Crippen molar-refractivity contribution in [3.05, 3.63) is 65.5 Å². The molecule has 0 spiro atoms. The molecule has 1 aliphatic rings. The Labute approximate surface area is 169 Å². The Balaban J connectivity index is 1.68. The molecule has 1 aliphatic carbocycles. The average Bonchev–Trinajstić information content (AvgIpc) is 3.20. The monoisotopic (exact) mass is 397 g/mol. The minimum atomic E-state index is -0.993. The van der Waals surface area contributed by atoms with E-state index < -0.39 is 23.4 Å². The maximum Gasteiger partial charge on any atom is 0.317 e. The van der Waals surface area contributed by atoms with Crippen molar-refractivity contribution in [1.82, 2.24) is 0 Å². The first kappa shape index (κ1) is 20.7. The Bertz CT molecular complexity index is 899. The van der Waals surface area contributed by atoms with Crippen LogP contribution >= 0.6 is 0 Å². The number of carbonyl (C=O) groups is 3. The van der Waals surface area contributed by atoms with Crippen molar-refractivity contribution in [2.45, 2.75) is 51.0 Å². The van der Waals surface area contributed by atoms with E-state index in [4.69, 9.17) is 4.74 Å². The first-order valence-electron chi connectivity index (χ1n) is 9.71. The average molecular weight is 397 g/mol. The molecule has 0 saturated heterocycles. The molecule has 1 atom stereocenters. The Kier molecular flexibility index (Phi) is 6.11. The zero-order valence-corrected chi connectivity index (χ0v) is 16.5. The number of ether oxygens (including phenoxy) is 1. The van der Waals surface area contributed by atoms with Gasteiger partial charge in [-0.3, -0.25) is 14.4 Å². The van der Waals surface area contributed by atoms with Gasteiger partial charge in [0, 0.05) is 11.3 Å². The first-order valence-corrected chi connectivity index (χ1v) is 9.71. The second-order valence-corrected chi connectivity index (χ2v) is 7.47. The van der Waals surface area contributed by atoms with Crippen molar-refractivity contribution in [3.63, 3.8) is 0 Å².